The Labute approximate surface area is 86.2 Å². The number of aromatic nitrogens is 2. The summed E-state index contributed by atoms with van der Waals surface area (Å²) in [6.07, 6.45) is 4.40. The van der Waals surface area contributed by atoms with E-state index in [1.54, 1.807) is 18.2 Å². The Morgan fingerprint density at radius 2 is 1.93 bits per heavy atom. The average molecular weight is 208 g/mol. The van der Waals surface area contributed by atoms with Crippen LogP contribution in [-0.4, -0.2) is 9.55 Å². The van der Waals surface area contributed by atoms with E-state index in [-0.39, 0.29) is 12.1 Å². The van der Waals surface area contributed by atoms with Gasteiger partial charge in [0.15, 0.2) is 0 Å². The number of halogens is 2. The van der Waals surface area contributed by atoms with Crippen LogP contribution in [0.25, 0.3) is 0 Å². The first kappa shape index (κ1) is 9.83. The number of benzene rings is 1. The minimum atomic E-state index is -2.86. The molecule has 2 rings (SSSR count). The van der Waals surface area contributed by atoms with Crippen molar-refractivity contribution in [3.63, 3.8) is 0 Å². The topological polar surface area (TPSA) is 17.8 Å². The highest BCUT2D eigenvalue weighted by Gasteiger charge is 2.31. The maximum atomic E-state index is 13.7. The van der Waals surface area contributed by atoms with Crippen molar-refractivity contribution < 1.29 is 8.78 Å². The normalized spacial score (nSPS) is 11.6. The van der Waals surface area contributed by atoms with E-state index >= 15 is 0 Å². The monoisotopic (exact) mass is 208 g/mol. The summed E-state index contributed by atoms with van der Waals surface area (Å²) < 4.78 is 28.7. The maximum Gasteiger partial charge on any atom is 0.290 e. The van der Waals surface area contributed by atoms with Crippen molar-refractivity contribution in [1.82, 2.24) is 9.55 Å². The summed E-state index contributed by atoms with van der Waals surface area (Å²) in [5, 5.41) is 0. The lowest BCUT2D eigenvalue weighted by molar-refractivity contribution is -0.0222. The van der Waals surface area contributed by atoms with Gasteiger partial charge in [0.25, 0.3) is 5.92 Å². The standard InChI is InChI=1S/C11H10F2N2/c12-11(13,8-15-7-6-14-9-15)10-4-2-1-3-5-10/h1-7,9H,8H2. The lowest BCUT2D eigenvalue weighted by Crippen LogP contribution is -2.20. The molecule has 0 spiro atoms. The summed E-state index contributed by atoms with van der Waals surface area (Å²) in [6, 6.07) is 7.79. The first-order chi connectivity index (χ1) is 7.18. The fourth-order valence-electron chi connectivity index (χ4n) is 1.38. The van der Waals surface area contributed by atoms with Crippen molar-refractivity contribution in [2.75, 3.05) is 0 Å². The van der Waals surface area contributed by atoms with E-state index in [1.807, 2.05) is 0 Å². The lowest BCUT2D eigenvalue weighted by atomic mass is 10.1. The second kappa shape index (κ2) is 3.81. The van der Waals surface area contributed by atoms with Crippen LogP contribution in [0.5, 0.6) is 0 Å². The second-order valence-electron chi connectivity index (χ2n) is 3.31. The third-order valence-corrected chi connectivity index (χ3v) is 2.14. The largest absolute Gasteiger partial charge is 0.331 e. The van der Waals surface area contributed by atoms with E-state index in [0.29, 0.717) is 0 Å². The van der Waals surface area contributed by atoms with Gasteiger partial charge in [-0.1, -0.05) is 30.3 Å². The van der Waals surface area contributed by atoms with Gasteiger partial charge < -0.3 is 4.57 Å². The molecule has 1 aromatic heterocycles. The Morgan fingerprint density at radius 3 is 2.53 bits per heavy atom. The van der Waals surface area contributed by atoms with Gasteiger partial charge in [-0.15, -0.1) is 0 Å². The molecule has 78 valence electrons. The highest BCUT2D eigenvalue weighted by Crippen LogP contribution is 2.29. The molecular formula is C11H10F2N2. The molecule has 0 amide bonds. The molecule has 4 heteroatoms. The molecule has 0 saturated carbocycles. The fourth-order valence-corrected chi connectivity index (χ4v) is 1.38. The molecule has 1 heterocycles. The van der Waals surface area contributed by atoms with E-state index in [1.165, 1.54) is 35.4 Å². The number of hydrogen-bond acceptors (Lipinski definition) is 1. The summed E-state index contributed by atoms with van der Waals surface area (Å²) >= 11 is 0. The second-order valence-corrected chi connectivity index (χ2v) is 3.31. The van der Waals surface area contributed by atoms with Crippen molar-refractivity contribution in [2.24, 2.45) is 0 Å². The van der Waals surface area contributed by atoms with Crippen LogP contribution < -0.4 is 0 Å². The molecule has 0 fully saturated rings. The van der Waals surface area contributed by atoms with Gasteiger partial charge in [-0.2, -0.15) is 8.78 Å². The molecule has 0 bridgehead atoms. The van der Waals surface area contributed by atoms with Crippen LogP contribution in [0.3, 0.4) is 0 Å². The van der Waals surface area contributed by atoms with Crippen LogP contribution in [0.1, 0.15) is 5.56 Å². The molecule has 0 saturated heterocycles. The highest BCUT2D eigenvalue weighted by molar-refractivity contribution is 5.19. The molecule has 0 aliphatic carbocycles. The Balaban J connectivity index is 2.20. The van der Waals surface area contributed by atoms with Gasteiger partial charge in [-0.3, -0.25) is 0 Å². The Kier molecular flexibility index (Phi) is 2.49. The number of rotatable bonds is 3. The number of nitrogens with zero attached hydrogens (tertiary/aromatic N) is 2. The molecule has 0 aliphatic rings. The maximum absolute atomic E-state index is 13.7. The molecule has 0 radical (unpaired) electrons. The van der Waals surface area contributed by atoms with Crippen LogP contribution in [0, 0.1) is 0 Å². The summed E-state index contributed by atoms with van der Waals surface area (Å²) in [6.45, 7) is -0.378. The third kappa shape index (κ3) is 2.21. The highest BCUT2D eigenvalue weighted by atomic mass is 19.3. The van der Waals surface area contributed by atoms with Crippen molar-refractivity contribution in [1.29, 1.82) is 0 Å². The minimum absolute atomic E-state index is 0.0266. The van der Waals surface area contributed by atoms with Crippen LogP contribution in [-0.2, 0) is 12.5 Å². The molecular weight excluding hydrogens is 198 g/mol. The number of imidazole rings is 1. The van der Waals surface area contributed by atoms with Gasteiger partial charge in [-0.25, -0.2) is 4.98 Å². The summed E-state index contributed by atoms with van der Waals surface area (Å²) in [5.41, 5.74) is 0.0266. The zero-order valence-corrected chi connectivity index (χ0v) is 7.98. The average Bonchev–Trinajstić information content (AvgIpc) is 2.71. The summed E-state index contributed by atoms with van der Waals surface area (Å²) in [7, 11) is 0. The Bertz CT molecular complexity index is 409. The molecule has 0 N–H and O–H groups in total. The van der Waals surface area contributed by atoms with E-state index in [4.69, 9.17) is 0 Å². The van der Waals surface area contributed by atoms with Gasteiger partial charge in [0.05, 0.1) is 12.9 Å². The van der Waals surface area contributed by atoms with Crippen molar-refractivity contribution in [3.05, 3.63) is 54.6 Å². The molecule has 2 aromatic rings. The molecule has 1 aromatic carbocycles. The van der Waals surface area contributed by atoms with Crippen molar-refractivity contribution in [2.45, 2.75) is 12.5 Å². The van der Waals surface area contributed by atoms with Crippen LogP contribution in [0.4, 0.5) is 8.78 Å². The van der Waals surface area contributed by atoms with Crippen LogP contribution in [0.2, 0.25) is 0 Å². The molecule has 0 atom stereocenters. The number of hydrogen-bond donors (Lipinski definition) is 0. The van der Waals surface area contributed by atoms with Gasteiger partial charge in [0.2, 0.25) is 0 Å². The van der Waals surface area contributed by atoms with E-state index in [0.717, 1.165) is 0 Å². The third-order valence-electron chi connectivity index (χ3n) is 2.14. The SMILES string of the molecule is FC(F)(Cn1ccnc1)c1ccccc1. The zero-order valence-electron chi connectivity index (χ0n) is 7.98. The van der Waals surface area contributed by atoms with E-state index in [2.05, 4.69) is 4.98 Å². The first-order valence-corrected chi connectivity index (χ1v) is 4.57. The fraction of sp³-hybridized carbons (Fsp3) is 0.182. The molecule has 15 heavy (non-hydrogen) atoms. The minimum Gasteiger partial charge on any atom is -0.331 e. The smallest absolute Gasteiger partial charge is 0.290 e. The predicted octanol–water partition coefficient (Wildman–Crippen LogP) is 2.68. The zero-order chi connectivity index (χ0) is 10.7. The predicted molar refractivity (Wildman–Crippen MR) is 52.6 cm³/mol. The summed E-state index contributed by atoms with van der Waals surface area (Å²) in [4.78, 5) is 3.73. The molecule has 2 nitrogen and oxygen atoms in total. The van der Waals surface area contributed by atoms with Gasteiger partial charge in [0, 0.05) is 18.0 Å². The van der Waals surface area contributed by atoms with Crippen molar-refractivity contribution >= 4 is 0 Å². The molecule has 0 aliphatic heterocycles. The van der Waals surface area contributed by atoms with Crippen LogP contribution in [0.15, 0.2) is 49.1 Å². The van der Waals surface area contributed by atoms with Crippen LogP contribution >= 0.6 is 0 Å². The summed E-state index contributed by atoms with van der Waals surface area (Å²) in [5.74, 6) is -2.86. The quantitative estimate of drug-likeness (QED) is 0.758. The lowest BCUT2D eigenvalue weighted by Gasteiger charge is -2.16. The number of alkyl halides is 2. The van der Waals surface area contributed by atoms with E-state index in [9.17, 15) is 8.78 Å². The van der Waals surface area contributed by atoms with Crippen molar-refractivity contribution in [3.8, 4) is 0 Å². The van der Waals surface area contributed by atoms with E-state index < -0.39 is 5.92 Å². The van der Waals surface area contributed by atoms with Gasteiger partial charge in [-0.05, 0) is 0 Å². The van der Waals surface area contributed by atoms with Gasteiger partial charge >= 0.3 is 0 Å². The van der Waals surface area contributed by atoms with Gasteiger partial charge in [0.1, 0.15) is 0 Å². The first-order valence-electron chi connectivity index (χ1n) is 4.57. The Morgan fingerprint density at radius 1 is 1.20 bits per heavy atom. The Hall–Kier alpha value is -1.71. The molecule has 0 unspecified atom stereocenters.